The molecule has 0 aromatic carbocycles. The van der Waals surface area contributed by atoms with Crippen molar-refractivity contribution in [3.63, 3.8) is 0 Å². The van der Waals surface area contributed by atoms with Crippen molar-refractivity contribution in [3.05, 3.63) is 0 Å². The quantitative estimate of drug-likeness (QED) is 0.785. The van der Waals surface area contributed by atoms with E-state index in [1.54, 1.807) is 20.8 Å². The topological polar surface area (TPSA) is 88.1 Å². The molecule has 0 spiro atoms. The van der Waals surface area contributed by atoms with Crippen LogP contribution in [0.15, 0.2) is 0 Å². The Balaban J connectivity index is 2.15. The van der Waals surface area contributed by atoms with Crippen LogP contribution < -0.4 is 5.32 Å². The number of carbonyl (C=O) groups excluding carboxylic acids is 1. The summed E-state index contributed by atoms with van der Waals surface area (Å²) < 4.78 is 10.7. The molecule has 120 valence electrons. The summed E-state index contributed by atoms with van der Waals surface area (Å²) in [6.45, 7) is 6.21. The zero-order chi connectivity index (χ0) is 15.8. The SMILES string of the molecule is CN1C2COCC1CC(NC(=O)OC(C)(C)C)(C(=O)O)C2. The Labute approximate surface area is 124 Å². The van der Waals surface area contributed by atoms with E-state index in [2.05, 4.69) is 10.2 Å². The van der Waals surface area contributed by atoms with Gasteiger partial charge in [-0.25, -0.2) is 9.59 Å². The van der Waals surface area contributed by atoms with Crippen molar-refractivity contribution < 1.29 is 24.2 Å². The first-order chi connectivity index (χ1) is 9.63. The average Bonchev–Trinajstić information content (AvgIpc) is 2.27. The molecule has 0 saturated carbocycles. The number of nitrogens with one attached hydrogen (secondary N) is 1. The van der Waals surface area contributed by atoms with Crippen LogP contribution in [0.5, 0.6) is 0 Å². The van der Waals surface area contributed by atoms with Gasteiger partial charge in [-0.05, 0) is 40.7 Å². The lowest BCUT2D eigenvalue weighted by atomic mass is 9.78. The number of fused-ring (bicyclic) bond motifs is 2. The van der Waals surface area contributed by atoms with E-state index in [0.717, 1.165) is 0 Å². The molecule has 2 heterocycles. The molecular weight excluding hydrogens is 276 g/mol. The van der Waals surface area contributed by atoms with E-state index in [9.17, 15) is 14.7 Å². The number of nitrogens with zero attached hydrogens (tertiary/aromatic N) is 1. The largest absolute Gasteiger partial charge is 0.480 e. The molecule has 2 aliphatic rings. The minimum atomic E-state index is -1.28. The first-order valence-electron chi connectivity index (χ1n) is 7.17. The van der Waals surface area contributed by atoms with Gasteiger partial charge in [0.05, 0.1) is 13.2 Å². The van der Waals surface area contributed by atoms with E-state index in [-0.39, 0.29) is 12.1 Å². The van der Waals surface area contributed by atoms with Crippen LogP contribution in [-0.2, 0) is 14.3 Å². The number of carboxylic acids is 1. The Kier molecular flexibility index (Phi) is 4.17. The Morgan fingerprint density at radius 3 is 2.24 bits per heavy atom. The fraction of sp³-hybridized carbons (Fsp3) is 0.857. The minimum absolute atomic E-state index is 0.0106. The molecule has 2 N–H and O–H groups in total. The number of ether oxygens (including phenoxy) is 2. The summed E-state index contributed by atoms with van der Waals surface area (Å²) in [5.41, 5.74) is -1.94. The maximum Gasteiger partial charge on any atom is 0.408 e. The predicted octanol–water partition coefficient (Wildman–Crippen LogP) is 0.828. The molecular formula is C14H24N2O5. The van der Waals surface area contributed by atoms with E-state index in [1.807, 2.05) is 7.05 Å². The standard InChI is InChI=1S/C14H24N2O5/c1-13(2,3)21-12(19)15-14(11(17)18)5-9-7-20-8-10(6-14)16(9)4/h9-10H,5-8H2,1-4H3,(H,15,19)(H,17,18). The Hall–Kier alpha value is -1.34. The molecule has 2 fully saturated rings. The molecule has 2 rings (SSSR count). The number of likely N-dealkylation sites (N-methyl/N-ethyl adjacent to an activating group) is 1. The molecule has 2 atom stereocenters. The highest BCUT2D eigenvalue weighted by Gasteiger charge is 2.51. The van der Waals surface area contributed by atoms with Crippen molar-refractivity contribution in [2.75, 3.05) is 20.3 Å². The smallest absolute Gasteiger partial charge is 0.408 e. The monoisotopic (exact) mass is 300 g/mol. The Morgan fingerprint density at radius 2 is 1.81 bits per heavy atom. The Bertz CT molecular complexity index is 418. The summed E-state index contributed by atoms with van der Waals surface area (Å²) in [7, 11) is 1.97. The fourth-order valence-corrected chi connectivity index (χ4v) is 3.00. The Morgan fingerprint density at radius 1 is 1.29 bits per heavy atom. The van der Waals surface area contributed by atoms with Gasteiger partial charge >= 0.3 is 12.1 Å². The van der Waals surface area contributed by atoms with Gasteiger partial charge in [0.15, 0.2) is 0 Å². The second-order valence-corrected chi connectivity index (χ2v) is 6.93. The van der Waals surface area contributed by atoms with Crippen LogP contribution in [0.1, 0.15) is 33.6 Å². The first-order valence-corrected chi connectivity index (χ1v) is 7.17. The number of amides is 1. The second-order valence-electron chi connectivity index (χ2n) is 6.93. The molecule has 7 heteroatoms. The molecule has 0 radical (unpaired) electrons. The van der Waals surface area contributed by atoms with Crippen molar-refractivity contribution in [2.45, 2.75) is 56.8 Å². The van der Waals surface area contributed by atoms with Gasteiger partial charge in [-0.2, -0.15) is 0 Å². The zero-order valence-electron chi connectivity index (χ0n) is 13.0. The number of hydrogen-bond acceptors (Lipinski definition) is 5. The maximum atomic E-state index is 12.0. The van der Waals surface area contributed by atoms with Crippen molar-refractivity contribution >= 4 is 12.1 Å². The van der Waals surface area contributed by atoms with Crippen LogP contribution in [-0.4, -0.2) is 65.6 Å². The van der Waals surface area contributed by atoms with E-state index >= 15 is 0 Å². The van der Waals surface area contributed by atoms with Crippen molar-refractivity contribution in [1.82, 2.24) is 10.2 Å². The average molecular weight is 300 g/mol. The third-order valence-corrected chi connectivity index (χ3v) is 4.09. The highest BCUT2D eigenvalue weighted by atomic mass is 16.6. The number of carboxylic acid groups (broad SMARTS) is 1. The third-order valence-electron chi connectivity index (χ3n) is 4.09. The molecule has 0 aromatic rings. The van der Waals surface area contributed by atoms with E-state index < -0.39 is 23.2 Å². The summed E-state index contributed by atoms with van der Waals surface area (Å²) in [5.74, 6) is -1.02. The summed E-state index contributed by atoms with van der Waals surface area (Å²) >= 11 is 0. The first kappa shape index (κ1) is 16.0. The number of piperidine rings is 1. The van der Waals surface area contributed by atoms with Gasteiger partial charge in [0.2, 0.25) is 0 Å². The summed E-state index contributed by atoms with van der Waals surface area (Å²) in [4.78, 5) is 25.9. The summed E-state index contributed by atoms with van der Waals surface area (Å²) in [6, 6.07) is -0.0212. The lowest BCUT2D eigenvalue weighted by Crippen LogP contribution is -2.68. The van der Waals surface area contributed by atoms with Gasteiger partial charge in [-0.15, -0.1) is 0 Å². The normalized spacial score (nSPS) is 33.3. The van der Waals surface area contributed by atoms with Gasteiger partial charge in [0, 0.05) is 12.1 Å². The lowest BCUT2D eigenvalue weighted by Gasteiger charge is -2.50. The number of hydrogen-bond donors (Lipinski definition) is 2. The molecule has 0 aliphatic carbocycles. The van der Waals surface area contributed by atoms with Gasteiger partial charge in [-0.3, -0.25) is 4.90 Å². The van der Waals surface area contributed by atoms with E-state index in [0.29, 0.717) is 26.1 Å². The van der Waals surface area contributed by atoms with E-state index in [1.165, 1.54) is 0 Å². The fourth-order valence-electron chi connectivity index (χ4n) is 3.00. The summed E-state index contributed by atoms with van der Waals surface area (Å²) in [6.07, 6.45) is -0.0585. The molecule has 0 aromatic heterocycles. The van der Waals surface area contributed by atoms with Crippen molar-refractivity contribution in [1.29, 1.82) is 0 Å². The van der Waals surface area contributed by atoms with Gasteiger partial charge in [0.25, 0.3) is 0 Å². The van der Waals surface area contributed by atoms with Crippen LogP contribution in [0.2, 0.25) is 0 Å². The molecule has 2 aliphatic heterocycles. The molecule has 7 nitrogen and oxygen atoms in total. The molecule has 1 amide bonds. The molecule has 2 saturated heterocycles. The minimum Gasteiger partial charge on any atom is -0.480 e. The number of morpholine rings is 1. The molecule has 2 bridgehead atoms. The van der Waals surface area contributed by atoms with Crippen LogP contribution in [0, 0.1) is 0 Å². The number of alkyl carbamates (subject to hydrolysis) is 1. The highest BCUT2D eigenvalue weighted by molar-refractivity contribution is 5.84. The number of aliphatic carboxylic acids is 1. The number of carbonyl (C=O) groups is 2. The predicted molar refractivity (Wildman–Crippen MR) is 75.1 cm³/mol. The molecule has 2 unspecified atom stereocenters. The van der Waals surface area contributed by atoms with Gasteiger partial charge in [0.1, 0.15) is 11.1 Å². The van der Waals surface area contributed by atoms with Gasteiger partial charge < -0.3 is 19.9 Å². The van der Waals surface area contributed by atoms with Crippen molar-refractivity contribution in [2.24, 2.45) is 0 Å². The van der Waals surface area contributed by atoms with Crippen LogP contribution in [0.4, 0.5) is 4.79 Å². The maximum absolute atomic E-state index is 12.0. The van der Waals surface area contributed by atoms with Crippen molar-refractivity contribution in [3.8, 4) is 0 Å². The van der Waals surface area contributed by atoms with Crippen LogP contribution in [0.25, 0.3) is 0 Å². The third kappa shape index (κ3) is 3.47. The second kappa shape index (κ2) is 5.46. The van der Waals surface area contributed by atoms with Crippen LogP contribution in [0.3, 0.4) is 0 Å². The lowest BCUT2D eigenvalue weighted by molar-refractivity contribution is -0.155. The molecule has 21 heavy (non-hydrogen) atoms. The number of rotatable bonds is 2. The summed E-state index contributed by atoms with van der Waals surface area (Å²) in [5, 5.41) is 12.2. The van der Waals surface area contributed by atoms with E-state index in [4.69, 9.17) is 9.47 Å². The highest BCUT2D eigenvalue weighted by Crippen LogP contribution is 2.34. The van der Waals surface area contributed by atoms with Crippen LogP contribution >= 0.6 is 0 Å². The van der Waals surface area contributed by atoms with Gasteiger partial charge in [-0.1, -0.05) is 0 Å². The zero-order valence-corrected chi connectivity index (χ0v) is 13.0.